The van der Waals surface area contributed by atoms with Crippen LogP contribution in [0.1, 0.15) is 34.3 Å². The summed E-state index contributed by atoms with van der Waals surface area (Å²) in [6, 6.07) is 14.5. The molecule has 0 spiro atoms. The van der Waals surface area contributed by atoms with Gasteiger partial charge in [-0.1, -0.05) is 42.0 Å². The van der Waals surface area contributed by atoms with Crippen molar-refractivity contribution in [2.75, 3.05) is 13.1 Å². The maximum atomic E-state index is 12.8. The first kappa shape index (κ1) is 17.8. The number of ketones is 1. The minimum Gasteiger partial charge on any atom is -0.294 e. The molecule has 0 aromatic heterocycles. The molecule has 0 unspecified atom stereocenters. The maximum Gasteiger partial charge on any atom is 0.243 e. The van der Waals surface area contributed by atoms with E-state index in [1.54, 1.807) is 18.2 Å². The Kier molecular flexibility index (Phi) is 5.06. The van der Waals surface area contributed by atoms with E-state index in [1.807, 2.05) is 44.2 Å². The molecule has 0 aliphatic carbocycles. The quantitative estimate of drug-likeness (QED) is 0.786. The number of piperidine rings is 1. The first-order valence-corrected chi connectivity index (χ1v) is 9.99. The van der Waals surface area contributed by atoms with Crippen LogP contribution in [-0.2, 0) is 10.0 Å². The fourth-order valence-electron chi connectivity index (χ4n) is 3.24. The summed E-state index contributed by atoms with van der Waals surface area (Å²) in [5, 5.41) is 0. The molecule has 4 nitrogen and oxygen atoms in total. The Balaban J connectivity index is 1.69. The highest BCUT2D eigenvalue weighted by atomic mass is 32.2. The third kappa shape index (κ3) is 3.83. The van der Waals surface area contributed by atoms with Gasteiger partial charge in [-0.25, -0.2) is 8.42 Å². The number of rotatable bonds is 4. The van der Waals surface area contributed by atoms with Crippen LogP contribution < -0.4 is 0 Å². The van der Waals surface area contributed by atoms with Gasteiger partial charge in [0.25, 0.3) is 0 Å². The van der Waals surface area contributed by atoms with Crippen molar-refractivity contribution >= 4 is 15.8 Å². The molecule has 132 valence electrons. The molecule has 1 aliphatic rings. The van der Waals surface area contributed by atoms with E-state index < -0.39 is 10.0 Å². The van der Waals surface area contributed by atoms with E-state index in [0.717, 1.165) is 11.1 Å². The first-order chi connectivity index (χ1) is 11.9. The Morgan fingerprint density at radius 3 is 2.20 bits per heavy atom. The highest BCUT2D eigenvalue weighted by Crippen LogP contribution is 2.26. The molecule has 0 saturated carbocycles. The van der Waals surface area contributed by atoms with Crippen LogP contribution in [0.3, 0.4) is 0 Å². The fourth-order valence-corrected chi connectivity index (χ4v) is 4.81. The number of aryl methyl sites for hydroxylation is 2. The molecule has 1 aliphatic heterocycles. The van der Waals surface area contributed by atoms with E-state index in [1.165, 1.54) is 4.31 Å². The van der Waals surface area contributed by atoms with Gasteiger partial charge in [-0.3, -0.25) is 4.79 Å². The highest BCUT2D eigenvalue weighted by molar-refractivity contribution is 7.89. The second-order valence-corrected chi connectivity index (χ2v) is 8.66. The lowest BCUT2D eigenvalue weighted by Gasteiger charge is -2.30. The van der Waals surface area contributed by atoms with Crippen LogP contribution >= 0.6 is 0 Å². The molecule has 3 rings (SSSR count). The third-order valence-corrected chi connectivity index (χ3v) is 6.68. The molecular weight excluding hydrogens is 334 g/mol. The van der Waals surface area contributed by atoms with Crippen molar-refractivity contribution < 1.29 is 13.2 Å². The van der Waals surface area contributed by atoms with Crippen LogP contribution in [0.15, 0.2) is 53.4 Å². The molecule has 25 heavy (non-hydrogen) atoms. The molecule has 0 bridgehead atoms. The number of carbonyl (C=O) groups is 1. The van der Waals surface area contributed by atoms with Crippen molar-refractivity contribution in [3.8, 4) is 0 Å². The van der Waals surface area contributed by atoms with Gasteiger partial charge in [-0.15, -0.1) is 0 Å². The number of Topliss-reactive ketones (excluding diaryl/α,β-unsaturated/α-hetero) is 1. The van der Waals surface area contributed by atoms with Gasteiger partial charge in [0.15, 0.2) is 5.78 Å². The molecule has 0 N–H and O–H groups in total. The average Bonchev–Trinajstić information content (AvgIpc) is 2.62. The Labute approximate surface area is 149 Å². The number of nitrogens with zero attached hydrogens (tertiary/aromatic N) is 1. The van der Waals surface area contributed by atoms with E-state index in [9.17, 15) is 13.2 Å². The van der Waals surface area contributed by atoms with Crippen LogP contribution in [0.25, 0.3) is 0 Å². The zero-order valence-corrected chi connectivity index (χ0v) is 15.4. The third-order valence-electron chi connectivity index (χ3n) is 4.79. The Bertz CT molecular complexity index is 864. The second kappa shape index (κ2) is 7.10. The predicted octanol–water partition coefficient (Wildman–Crippen LogP) is 3.59. The smallest absolute Gasteiger partial charge is 0.243 e. The molecule has 1 heterocycles. The van der Waals surface area contributed by atoms with Gasteiger partial charge in [-0.2, -0.15) is 4.31 Å². The van der Waals surface area contributed by atoms with Crippen LogP contribution in [-0.4, -0.2) is 31.6 Å². The summed E-state index contributed by atoms with van der Waals surface area (Å²) in [4.78, 5) is 12.9. The second-order valence-electron chi connectivity index (χ2n) is 6.73. The monoisotopic (exact) mass is 357 g/mol. The number of carbonyl (C=O) groups excluding carboxylic acids is 1. The summed E-state index contributed by atoms with van der Waals surface area (Å²) in [5.41, 5.74) is 2.76. The summed E-state index contributed by atoms with van der Waals surface area (Å²) >= 11 is 0. The molecular formula is C20H23NO3S. The van der Waals surface area contributed by atoms with E-state index >= 15 is 0 Å². The van der Waals surface area contributed by atoms with E-state index in [0.29, 0.717) is 36.4 Å². The maximum absolute atomic E-state index is 12.8. The normalized spacial score (nSPS) is 16.7. The van der Waals surface area contributed by atoms with Gasteiger partial charge in [0, 0.05) is 24.6 Å². The minimum absolute atomic E-state index is 0.105. The largest absolute Gasteiger partial charge is 0.294 e. The van der Waals surface area contributed by atoms with Crippen molar-refractivity contribution in [1.82, 2.24) is 4.31 Å². The molecule has 2 aromatic carbocycles. The molecule has 0 amide bonds. The van der Waals surface area contributed by atoms with E-state index in [2.05, 4.69) is 0 Å². The molecule has 2 aromatic rings. The molecule has 5 heteroatoms. The van der Waals surface area contributed by atoms with Crippen molar-refractivity contribution in [1.29, 1.82) is 0 Å². The molecule has 0 radical (unpaired) electrons. The lowest BCUT2D eigenvalue weighted by atomic mass is 9.89. The van der Waals surface area contributed by atoms with E-state index in [4.69, 9.17) is 0 Å². The van der Waals surface area contributed by atoms with Gasteiger partial charge in [0.2, 0.25) is 10.0 Å². The fraction of sp³-hybridized carbons (Fsp3) is 0.350. The number of benzene rings is 2. The van der Waals surface area contributed by atoms with Crippen molar-refractivity contribution in [3.63, 3.8) is 0 Å². The van der Waals surface area contributed by atoms with Gasteiger partial charge in [-0.05, 0) is 44.4 Å². The SMILES string of the molecule is Cc1ccc(C(=O)C2CCN(S(=O)(=O)c3cccc(C)c3)CC2)cc1. The topological polar surface area (TPSA) is 54.5 Å². The first-order valence-electron chi connectivity index (χ1n) is 8.55. The van der Waals surface area contributed by atoms with Crippen molar-refractivity contribution in [2.45, 2.75) is 31.6 Å². The van der Waals surface area contributed by atoms with Crippen molar-refractivity contribution in [2.24, 2.45) is 5.92 Å². The van der Waals surface area contributed by atoms with Gasteiger partial charge < -0.3 is 0 Å². The van der Waals surface area contributed by atoms with Crippen LogP contribution in [0.5, 0.6) is 0 Å². The summed E-state index contributed by atoms with van der Waals surface area (Å²) < 4.78 is 27.0. The van der Waals surface area contributed by atoms with E-state index in [-0.39, 0.29) is 11.7 Å². The molecule has 0 atom stereocenters. The predicted molar refractivity (Wildman–Crippen MR) is 98.2 cm³/mol. The van der Waals surface area contributed by atoms with Crippen LogP contribution in [0.4, 0.5) is 0 Å². The van der Waals surface area contributed by atoms with Gasteiger partial charge in [0.1, 0.15) is 0 Å². The zero-order chi connectivity index (χ0) is 18.0. The lowest BCUT2D eigenvalue weighted by molar-refractivity contribution is 0.0875. The van der Waals surface area contributed by atoms with Crippen molar-refractivity contribution in [3.05, 3.63) is 65.2 Å². The Hall–Kier alpha value is -1.98. The average molecular weight is 357 g/mol. The summed E-state index contributed by atoms with van der Waals surface area (Å²) in [5.74, 6) is 0.0132. The number of hydrogen-bond donors (Lipinski definition) is 0. The number of hydrogen-bond acceptors (Lipinski definition) is 3. The molecule has 1 fully saturated rings. The Morgan fingerprint density at radius 2 is 1.60 bits per heavy atom. The number of sulfonamides is 1. The summed E-state index contributed by atoms with van der Waals surface area (Å²) in [6.45, 7) is 4.64. The Morgan fingerprint density at radius 1 is 0.960 bits per heavy atom. The lowest BCUT2D eigenvalue weighted by Crippen LogP contribution is -2.40. The molecule has 1 saturated heterocycles. The van der Waals surface area contributed by atoms with Crippen LogP contribution in [0.2, 0.25) is 0 Å². The highest BCUT2D eigenvalue weighted by Gasteiger charge is 2.32. The zero-order valence-electron chi connectivity index (χ0n) is 14.6. The standard InChI is InChI=1S/C20H23NO3S/c1-15-6-8-17(9-7-15)20(22)18-10-12-21(13-11-18)25(23,24)19-5-3-4-16(2)14-19/h3-9,14,18H,10-13H2,1-2H3. The summed E-state index contributed by atoms with van der Waals surface area (Å²) in [7, 11) is -3.48. The van der Waals surface area contributed by atoms with Gasteiger partial charge in [0.05, 0.1) is 4.90 Å². The van der Waals surface area contributed by atoms with Crippen LogP contribution in [0, 0.1) is 19.8 Å². The summed E-state index contributed by atoms with van der Waals surface area (Å²) in [6.07, 6.45) is 1.13. The van der Waals surface area contributed by atoms with Gasteiger partial charge >= 0.3 is 0 Å². The minimum atomic E-state index is -3.48.